The van der Waals surface area contributed by atoms with Crippen molar-refractivity contribution in [3.63, 3.8) is 0 Å². The number of nitrogens with zero attached hydrogens (tertiary/aromatic N) is 1. The Labute approximate surface area is 80.8 Å². The standard InChI is InChI=1S/C12H17N/c1-10-7-8-11(12(10,2)3)6-4-5-9-13/h4,6-7,11H,5,8H2,1-3H3. The van der Waals surface area contributed by atoms with Gasteiger partial charge in [0.1, 0.15) is 0 Å². The quantitative estimate of drug-likeness (QED) is 0.590. The predicted octanol–water partition coefficient (Wildman–Crippen LogP) is 3.45. The van der Waals surface area contributed by atoms with E-state index < -0.39 is 0 Å². The first-order valence-electron chi connectivity index (χ1n) is 4.80. The molecule has 1 heteroatoms. The third-order valence-corrected chi connectivity index (χ3v) is 3.20. The summed E-state index contributed by atoms with van der Waals surface area (Å²) in [6, 6.07) is 2.13. The van der Waals surface area contributed by atoms with Crippen LogP contribution in [0.25, 0.3) is 0 Å². The number of nitriles is 1. The lowest BCUT2D eigenvalue weighted by Crippen LogP contribution is -2.18. The van der Waals surface area contributed by atoms with Crippen LogP contribution >= 0.6 is 0 Å². The van der Waals surface area contributed by atoms with Gasteiger partial charge >= 0.3 is 0 Å². The molecule has 0 aromatic rings. The molecule has 70 valence electrons. The van der Waals surface area contributed by atoms with Crippen LogP contribution in [-0.4, -0.2) is 0 Å². The van der Waals surface area contributed by atoms with Crippen LogP contribution in [0.2, 0.25) is 0 Å². The molecule has 1 aliphatic carbocycles. The number of hydrogen-bond acceptors (Lipinski definition) is 1. The van der Waals surface area contributed by atoms with E-state index in [4.69, 9.17) is 5.26 Å². The first-order valence-corrected chi connectivity index (χ1v) is 4.80. The van der Waals surface area contributed by atoms with E-state index in [0.717, 1.165) is 6.42 Å². The van der Waals surface area contributed by atoms with Crippen LogP contribution < -0.4 is 0 Å². The van der Waals surface area contributed by atoms with Gasteiger partial charge in [-0.1, -0.05) is 37.6 Å². The molecule has 0 amide bonds. The summed E-state index contributed by atoms with van der Waals surface area (Å²) in [6.45, 7) is 6.73. The summed E-state index contributed by atoms with van der Waals surface area (Å²) in [5.74, 6) is 0.584. The molecule has 1 unspecified atom stereocenters. The van der Waals surface area contributed by atoms with Crippen LogP contribution in [0.15, 0.2) is 23.8 Å². The van der Waals surface area contributed by atoms with Gasteiger partial charge in [-0.15, -0.1) is 0 Å². The molecule has 0 aromatic heterocycles. The Morgan fingerprint density at radius 1 is 1.69 bits per heavy atom. The van der Waals surface area contributed by atoms with Gasteiger partial charge in [0.2, 0.25) is 0 Å². The summed E-state index contributed by atoms with van der Waals surface area (Å²) < 4.78 is 0. The van der Waals surface area contributed by atoms with Crippen LogP contribution in [0, 0.1) is 22.7 Å². The summed E-state index contributed by atoms with van der Waals surface area (Å²) in [6.07, 6.45) is 8.14. The molecule has 1 aliphatic rings. The SMILES string of the molecule is CC1=CCC(C=CCC#N)C1(C)C. The van der Waals surface area contributed by atoms with Gasteiger partial charge in [-0.25, -0.2) is 0 Å². The minimum Gasteiger partial charge on any atom is -0.198 e. The van der Waals surface area contributed by atoms with Crippen molar-refractivity contribution in [1.82, 2.24) is 0 Å². The van der Waals surface area contributed by atoms with Crippen LogP contribution in [0.5, 0.6) is 0 Å². The second-order valence-electron chi connectivity index (χ2n) is 4.24. The van der Waals surface area contributed by atoms with E-state index in [1.807, 2.05) is 6.08 Å². The molecule has 0 aliphatic heterocycles. The fourth-order valence-corrected chi connectivity index (χ4v) is 1.76. The van der Waals surface area contributed by atoms with Crippen molar-refractivity contribution in [2.24, 2.45) is 11.3 Å². The molecule has 13 heavy (non-hydrogen) atoms. The largest absolute Gasteiger partial charge is 0.198 e. The Kier molecular flexibility index (Phi) is 2.93. The molecule has 1 atom stereocenters. The smallest absolute Gasteiger partial charge is 0.0663 e. The highest BCUT2D eigenvalue weighted by molar-refractivity contribution is 5.22. The molecule has 0 spiro atoms. The van der Waals surface area contributed by atoms with E-state index in [9.17, 15) is 0 Å². The zero-order valence-electron chi connectivity index (χ0n) is 8.67. The highest BCUT2D eigenvalue weighted by atomic mass is 14.4. The first-order chi connectivity index (χ1) is 6.09. The second kappa shape index (κ2) is 3.79. The van der Waals surface area contributed by atoms with Crippen LogP contribution in [0.1, 0.15) is 33.6 Å². The predicted molar refractivity (Wildman–Crippen MR) is 55.0 cm³/mol. The Hall–Kier alpha value is -1.03. The monoisotopic (exact) mass is 175 g/mol. The van der Waals surface area contributed by atoms with E-state index in [1.54, 1.807) is 0 Å². The average molecular weight is 175 g/mol. The fourth-order valence-electron chi connectivity index (χ4n) is 1.76. The lowest BCUT2D eigenvalue weighted by atomic mass is 9.77. The van der Waals surface area contributed by atoms with Gasteiger partial charge in [-0.3, -0.25) is 0 Å². The highest BCUT2D eigenvalue weighted by Crippen LogP contribution is 2.43. The maximum absolute atomic E-state index is 8.41. The van der Waals surface area contributed by atoms with Gasteiger partial charge in [0, 0.05) is 0 Å². The minimum absolute atomic E-state index is 0.284. The maximum atomic E-state index is 8.41. The van der Waals surface area contributed by atoms with Gasteiger partial charge in [-0.05, 0) is 24.7 Å². The van der Waals surface area contributed by atoms with Crippen molar-refractivity contribution in [2.75, 3.05) is 0 Å². The molecule has 0 aromatic carbocycles. The second-order valence-corrected chi connectivity index (χ2v) is 4.24. The van der Waals surface area contributed by atoms with Gasteiger partial charge < -0.3 is 0 Å². The molecule has 1 nitrogen and oxygen atoms in total. The zero-order valence-corrected chi connectivity index (χ0v) is 8.67. The fraction of sp³-hybridized carbons (Fsp3) is 0.583. The Balaban J connectivity index is 2.62. The summed E-state index contributed by atoms with van der Waals surface area (Å²) in [5, 5.41) is 8.41. The average Bonchev–Trinajstić information content (AvgIpc) is 2.32. The van der Waals surface area contributed by atoms with Crippen molar-refractivity contribution >= 4 is 0 Å². The van der Waals surface area contributed by atoms with Crippen molar-refractivity contribution in [3.8, 4) is 6.07 Å². The third-order valence-electron chi connectivity index (χ3n) is 3.20. The molecular formula is C12H17N. The zero-order chi connectivity index (χ0) is 9.90. The molecule has 0 radical (unpaired) electrons. The van der Waals surface area contributed by atoms with Gasteiger partial charge in [-0.2, -0.15) is 5.26 Å². The van der Waals surface area contributed by atoms with Crippen LogP contribution in [-0.2, 0) is 0 Å². The molecular weight excluding hydrogens is 158 g/mol. The van der Waals surface area contributed by atoms with Gasteiger partial charge in [0.15, 0.2) is 0 Å². The Morgan fingerprint density at radius 2 is 2.38 bits per heavy atom. The highest BCUT2D eigenvalue weighted by Gasteiger charge is 2.32. The molecule has 1 rings (SSSR count). The van der Waals surface area contributed by atoms with E-state index in [1.165, 1.54) is 5.57 Å². The van der Waals surface area contributed by atoms with Gasteiger partial charge in [0.05, 0.1) is 12.5 Å². The van der Waals surface area contributed by atoms with Crippen molar-refractivity contribution in [2.45, 2.75) is 33.6 Å². The van der Waals surface area contributed by atoms with Crippen LogP contribution in [0.4, 0.5) is 0 Å². The maximum Gasteiger partial charge on any atom is 0.0663 e. The summed E-state index contributed by atoms with van der Waals surface area (Å²) in [5.41, 5.74) is 1.76. The van der Waals surface area contributed by atoms with E-state index in [-0.39, 0.29) is 5.41 Å². The number of rotatable bonds is 2. The first kappa shape index (κ1) is 10.1. The normalized spacial score (nSPS) is 26.0. The molecule has 0 bridgehead atoms. The van der Waals surface area contributed by atoms with Crippen molar-refractivity contribution in [1.29, 1.82) is 5.26 Å². The molecule has 0 fully saturated rings. The van der Waals surface area contributed by atoms with Crippen molar-refractivity contribution < 1.29 is 0 Å². The molecule has 0 saturated carbocycles. The van der Waals surface area contributed by atoms with Crippen LogP contribution in [0.3, 0.4) is 0 Å². The number of allylic oxidation sites excluding steroid dienone is 4. The van der Waals surface area contributed by atoms with E-state index in [0.29, 0.717) is 12.3 Å². The Bertz CT molecular complexity index is 276. The molecule has 0 heterocycles. The topological polar surface area (TPSA) is 23.8 Å². The summed E-state index contributed by atoms with van der Waals surface area (Å²) >= 11 is 0. The summed E-state index contributed by atoms with van der Waals surface area (Å²) in [7, 11) is 0. The molecule has 0 N–H and O–H groups in total. The lowest BCUT2D eigenvalue weighted by Gasteiger charge is -2.27. The lowest BCUT2D eigenvalue weighted by molar-refractivity contribution is 0.351. The van der Waals surface area contributed by atoms with E-state index in [2.05, 4.69) is 39.0 Å². The van der Waals surface area contributed by atoms with Crippen molar-refractivity contribution in [3.05, 3.63) is 23.8 Å². The number of hydrogen-bond donors (Lipinski definition) is 0. The Morgan fingerprint density at radius 3 is 2.85 bits per heavy atom. The molecule has 0 saturated heterocycles. The third kappa shape index (κ3) is 2.01. The van der Waals surface area contributed by atoms with Gasteiger partial charge in [0.25, 0.3) is 0 Å². The minimum atomic E-state index is 0.284. The summed E-state index contributed by atoms with van der Waals surface area (Å²) in [4.78, 5) is 0. The van der Waals surface area contributed by atoms with E-state index >= 15 is 0 Å².